The number of aliphatic carboxylic acids is 1. The molecule has 3 aromatic rings. The van der Waals surface area contributed by atoms with Gasteiger partial charge in [-0.1, -0.05) is 11.6 Å². The molecule has 7 nitrogen and oxygen atoms in total. The lowest BCUT2D eigenvalue weighted by Gasteiger charge is -2.12. The molecule has 0 saturated heterocycles. The molecule has 0 spiro atoms. The first-order valence-electron chi connectivity index (χ1n) is 7.70. The molecule has 0 radical (unpaired) electrons. The molecule has 1 aromatic heterocycles. The van der Waals surface area contributed by atoms with Crippen LogP contribution in [0.3, 0.4) is 0 Å². The summed E-state index contributed by atoms with van der Waals surface area (Å²) in [5.41, 5.74) is 0.524. The maximum Gasteiger partial charge on any atom is 0.377 e. The van der Waals surface area contributed by atoms with E-state index in [1.165, 1.54) is 32.4 Å². The van der Waals surface area contributed by atoms with Crippen LogP contribution in [-0.4, -0.2) is 36.1 Å². The number of fused-ring (bicyclic) bond motifs is 1. The summed E-state index contributed by atoms with van der Waals surface area (Å²) < 4.78 is 16.4. The normalized spacial score (nSPS) is 10.5. The lowest BCUT2D eigenvalue weighted by Crippen LogP contribution is -2.13. The van der Waals surface area contributed by atoms with Crippen molar-refractivity contribution in [2.75, 3.05) is 14.2 Å². The molecule has 2 aromatic carbocycles. The van der Waals surface area contributed by atoms with Crippen LogP contribution in [-0.2, 0) is 4.79 Å². The number of carboxylic acid groups (broad SMARTS) is 1. The second kappa shape index (κ2) is 7.51. The summed E-state index contributed by atoms with van der Waals surface area (Å²) in [7, 11) is 3.06. The monoisotopic (exact) mass is 387 g/mol. The molecule has 0 saturated carbocycles. The van der Waals surface area contributed by atoms with Gasteiger partial charge in [-0.3, -0.25) is 9.78 Å². The van der Waals surface area contributed by atoms with Gasteiger partial charge < -0.3 is 19.3 Å². The van der Waals surface area contributed by atoms with Gasteiger partial charge in [0.1, 0.15) is 11.5 Å². The molecule has 0 atom stereocenters. The maximum atomic E-state index is 11.6. The fourth-order valence-corrected chi connectivity index (χ4v) is 2.78. The van der Waals surface area contributed by atoms with E-state index in [0.717, 1.165) is 0 Å². The van der Waals surface area contributed by atoms with E-state index in [0.29, 0.717) is 33.9 Å². The summed E-state index contributed by atoms with van der Waals surface area (Å²) >= 11 is 6.03. The average molecular weight is 388 g/mol. The molecule has 27 heavy (non-hydrogen) atoms. The van der Waals surface area contributed by atoms with Gasteiger partial charge in [-0.05, 0) is 24.3 Å². The summed E-state index contributed by atoms with van der Waals surface area (Å²) in [5, 5.41) is 9.47. The zero-order valence-corrected chi connectivity index (χ0v) is 15.1. The highest BCUT2D eigenvalue weighted by Crippen LogP contribution is 2.37. The number of nitrogens with zero attached hydrogens (tertiary/aromatic N) is 1. The van der Waals surface area contributed by atoms with Gasteiger partial charge in [0.15, 0.2) is 11.5 Å². The number of ketones is 1. The van der Waals surface area contributed by atoms with Crippen LogP contribution in [0.1, 0.15) is 10.4 Å². The van der Waals surface area contributed by atoms with Crippen molar-refractivity contribution in [3.63, 3.8) is 0 Å². The predicted octanol–water partition coefficient (Wildman–Crippen LogP) is 3.97. The fourth-order valence-electron chi connectivity index (χ4n) is 2.52. The van der Waals surface area contributed by atoms with Crippen molar-refractivity contribution in [2.45, 2.75) is 0 Å². The number of halogens is 1. The average Bonchev–Trinajstić information content (AvgIpc) is 2.66. The second-order valence-electron chi connectivity index (χ2n) is 5.41. The topological polar surface area (TPSA) is 95.0 Å². The Bertz CT molecular complexity index is 1050. The molecule has 0 aliphatic rings. The van der Waals surface area contributed by atoms with Crippen LogP contribution in [0.4, 0.5) is 0 Å². The van der Waals surface area contributed by atoms with Crippen LogP contribution in [0.5, 0.6) is 23.0 Å². The van der Waals surface area contributed by atoms with Gasteiger partial charge in [-0.15, -0.1) is 0 Å². The Balaban J connectivity index is 2.00. The maximum absolute atomic E-state index is 11.6. The first-order chi connectivity index (χ1) is 12.9. The van der Waals surface area contributed by atoms with Gasteiger partial charge in [-0.2, -0.15) is 0 Å². The summed E-state index contributed by atoms with van der Waals surface area (Å²) in [5.74, 6) is -0.791. The zero-order valence-electron chi connectivity index (χ0n) is 14.4. The minimum absolute atomic E-state index is 0.0162. The highest BCUT2D eigenvalue weighted by Gasteiger charge is 2.19. The van der Waals surface area contributed by atoms with Gasteiger partial charge in [0.05, 0.1) is 24.8 Å². The number of aromatic nitrogens is 1. The van der Waals surface area contributed by atoms with E-state index in [9.17, 15) is 9.59 Å². The van der Waals surface area contributed by atoms with Crippen molar-refractivity contribution < 1.29 is 28.9 Å². The van der Waals surface area contributed by atoms with Crippen LogP contribution in [0.15, 0.2) is 42.6 Å². The van der Waals surface area contributed by atoms with Gasteiger partial charge >= 0.3 is 5.97 Å². The number of pyridine rings is 1. The molecule has 1 N–H and O–H groups in total. The Morgan fingerprint density at radius 3 is 2.33 bits per heavy atom. The van der Waals surface area contributed by atoms with Gasteiger partial charge in [-0.25, -0.2) is 4.79 Å². The molecule has 8 heteroatoms. The number of ether oxygens (including phenoxy) is 3. The standard InChI is InChI=1S/C19H14ClNO6/c1-25-16-8-12-14(9-17(16)26-2)21-6-5-15(12)27-10-3-4-11(13(20)7-10)18(22)19(23)24/h3-9H,1-2H3,(H,23,24). The highest BCUT2D eigenvalue weighted by molar-refractivity contribution is 6.45. The molecule has 0 aliphatic carbocycles. The molecule has 0 fully saturated rings. The van der Waals surface area contributed by atoms with E-state index < -0.39 is 11.8 Å². The third-order valence-corrected chi connectivity index (χ3v) is 4.13. The Morgan fingerprint density at radius 2 is 1.70 bits per heavy atom. The zero-order chi connectivity index (χ0) is 19.6. The van der Waals surface area contributed by atoms with Gasteiger partial charge in [0.2, 0.25) is 0 Å². The lowest BCUT2D eigenvalue weighted by molar-refractivity contribution is -0.131. The van der Waals surface area contributed by atoms with E-state index in [-0.39, 0.29) is 10.6 Å². The number of benzene rings is 2. The number of Topliss-reactive ketones (excluding diaryl/α,β-unsaturated/α-hetero) is 1. The number of hydrogen-bond donors (Lipinski definition) is 1. The van der Waals surface area contributed by atoms with Crippen molar-refractivity contribution in [1.29, 1.82) is 0 Å². The van der Waals surface area contributed by atoms with E-state index in [1.54, 1.807) is 24.4 Å². The minimum Gasteiger partial charge on any atom is -0.493 e. The van der Waals surface area contributed by atoms with Crippen molar-refractivity contribution in [3.05, 3.63) is 53.2 Å². The van der Waals surface area contributed by atoms with Crippen LogP contribution in [0, 0.1) is 0 Å². The fraction of sp³-hybridized carbons (Fsp3) is 0.105. The molecule has 0 unspecified atom stereocenters. The van der Waals surface area contributed by atoms with E-state index in [2.05, 4.69) is 4.98 Å². The molecular weight excluding hydrogens is 374 g/mol. The smallest absolute Gasteiger partial charge is 0.377 e. The lowest BCUT2D eigenvalue weighted by atomic mass is 10.1. The molecular formula is C19H14ClNO6. The molecule has 0 amide bonds. The first-order valence-corrected chi connectivity index (χ1v) is 8.08. The number of carbonyl (C=O) groups excluding carboxylic acids is 1. The first kappa shape index (κ1) is 18.5. The van der Waals surface area contributed by atoms with Gasteiger partial charge in [0, 0.05) is 29.3 Å². The van der Waals surface area contributed by atoms with E-state index in [1.807, 2.05) is 0 Å². The van der Waals surface area contributed by atoms with E-state index >= 15 is 0 Å². The largest absolute Gasteiger partial charge is 0.493 e. The summed E-state index contributed by atoms with van der Waals surface area (Å²) in [6, 6.07) is 9.28. The minimum atomic E-state index is -1.58. The van der Waals surface area contributed by atoms with Crippen molar-refractivity contribution in [1.82, 2.24) is 4.98 Å². The molecule has 0 bridgehead atoms. The third-order valence-electron chi connectivity index (χ3n) is 3.81. The van der Waals surface area contributed by atoms with Crippen molar-refractivity contribution in [3.8, 4) is 23.0 Å². The Hall–Kier alpha value is -3.32. The van der Waals surface area contributed by atoms with Crippen molar-refractivity contribution >= 4 is 34.3 Å². The van der Waals surface area contributed by atoms with Crippen LogP contribution >= 0.6 is 11.6 Å². The molecule has 1 heterocycles. The highest BCUT2D eigenvalue weighted by atomic mass is 35.5. The number of hydrogen-bond acceptors (Lipinski definition) is 6. The summed E-state index contributed by atoms with van der Waals surface area (Å²) in [6.07, 6.45) is 1.58. The van der Waals surface area contributed by atoms with Crippen molar-refractivity contribution in [2.24, 2.45) is 0 Å². The second-order valence-corrected chi connectivity index (χ2v) is 5.82. The molecule has 0 aliphatic heterocycles. The number of rotatable bonds is 6. The third kappa shape index (κ3) is 3.63. The Morgan fingerprint density at radius 1 is 1.00 bits per heavy atom. The van der Waals surface area contributed by atoms with Crippen LogP contribution in [0.2, 0.25) is 5.02 Å². The van der Waals surface area contributed by atoms with Crippen LogP contribution < -0.4 is 14.2 Å². The van der Waals surface area contributed by atoms with Crippen LogP contribution in [0.25, 0.3) is 10.9 Å². The predicted molar refractivity (Wildman–Crippen MR) is 98.3 cm³/mol. The quantitative estimate of drug-likeness (QED) is 0.505. The molecule has 3 rings (SSSR count). The summed E-state index contributed by atoms with van der Waals surface area (Å²) in [4.78, 5) is 26.7. The van der Waals surface area contributed by atoms with E-state index in [4.69, 9.17) is 30.9 Å². The summed E-state index contributed by atoms with van der Waals surface area (Å²) in [6.45, 7) is 0. The number of carbonyl (C=O) groups is 2. The SMILES string of the molecule is COc1cc2nccc(Oc3ccc(C(=O)C(=O)O)c(Cl)c3)c2cc1OC. The number of carboxylic acids is 1. The Kier molecular flexibility index (Phi) is 5.14. The number of methoxy groups -OCH3 is 2. The van der Waals surface area contributed by atoms with Gasteiger partial charge in [0.25, 0.3) is 5.78 Å². The molecule has 138 valence electrons. The Labute approximate surface area is 159 Å².